The molecule has 0 radical (unpaired) electrons. The lowest BCUT2D eigenvalue weighted by molar-refractivity contribution is 0.102. The minimum atomic E-state index is -0.148. The zero-order valence-electron chi connectivity index (χ0n) is 10.8. The molecule has 0 atom stereocenters. The summed E-state index contributed by atoms with van der Waals surface area (Å²) in [5, 5.41) is 5.84. The molecule has 5 heteroatoms. The Bertz CT molecular complexity index is 586. The van der Waals surface area contributed by atoms with Crippen molar-refractivity contribution in [1.29, 1.82) is 0 Å². The molecule has 2 N–H and O–H groups in total. The van der Waals surface area contributed by atoms with Crippen molar-refractivity contribution in [1.82, 2.24) is 4.98 Å². The summed E-state index contributed by atoms with van der Waals surface area (Å²) in [7, 11) is 1.77. The quantitative estimate of drug-likeness (QED) is 0.840. The first-order valence-corrected chi connectivity index (χ1v) is 7.04. The predicted octanol–water partition coefficient (Wildman–Crippen LogP) is 3.10. The van der Waals surface area contributed by atoms with Gasteiger partial charge < -0.3 is 10.6 Å². The Hall–Kier alpha value is -2.01. The Morgan fingerprint density at radius 1 is 1.32 bits per heavy atom. The molecule has 0 aliphatic heterocycles. The molecule has 0 aliphatic rings. The number of aromatic nitrogens is 1. The number of pyridine rings is 1. The van der Waals surface area contributed by atoms with E-state index in [1.54, 1.807) is 37.3 Å². The van der Waals surface area contributed by atoms with Gasteiger partial charge in [0.25, 0.3) is 5.91 Å². The minimum Gasteiger partial charge on any atom is -0.386 e. The number of benzene rings is 1. The molecule has 0 bridgehead atoms. The van der Waals surface area contributed by atoms with Gasteiger partial charge in [0.05, 0.1) is 17.4 Å². The van der Waals surface area contributed by atoms with E-state index in [-0.39, 0.29) is 5.91 Å². The minimum absolute atomic E-state index is 0.148. The summed E-state index contributed by atoms with van der Waals surface area (Å²) in [4.78, 5) is 17.3. The molecular formula is C14H15N3OS. The standard InChI is InChI=1S/C14H15N3OS/c1-15-13-9-16-7-6-12(13)14(18)17-10-4-3-5-11(8-10)19-2/h3-9,15H,1-2H3,(H,17,18). The third-order valence-electron chi connectivity index (χ3n) is 2.66. The van der Waals surface area contributed by atoms with Crippen molar-refractivity contribution in [3.63, 3.8) is 0 Å². The zero-order valence-corrected chi connectivity index (χ0v) is 11.6. The Kier molecular flexibility index (Phi) is 4.41. The van der Waals surface area contributed by atoms with Gasteiger partial charge >= 0.3 is 0 Å². The highest BCUT2D eigenvalue weighted by molar-refractivity contribution is 7.98. The van der Waals surface area contributed by atoms with Crippen molar-refractivity contribution in [2.75, 3.05) is 23.9 Å². The van der Waals surface area contributed by atoms with Gasteiger partial charge in [-0.05, 0) is 30.5 Å². The highest BCUT2D eigenvalue weighted by Gasteiger charge is 2.10. The van der Waals surface area contributed by atoms with Crippen LogP contribution in [0.3, 0.4) is 0 Å². The number of nitrogens with zero attached hydrogens (tertiary/aromatic N) is 1. The van der Waals surface area contributed by atoms with E-state index in [0.717, 1.165) is 10.6 Å². The highest BCUT2D eigenvalue weighted by Crippen LogP contribution is 2.20. The van der Waals surface area contributed by atoms with E-state index in [1.807, 2.05) is 30.5 Å². The van der Waals surface area contributed by atoms with E-state index in [0.29, 0.717) is 11.3 Å². The fourth-order valence-electron chi connectivity index (χ4n) is 1.69. The van der Waals surface area contributed by atoms with Gasteiger partial charge in [-0.15, -0.1) is 11.8 Å². The van der Waals surface area contributed by atoms with Crippen LogP contribution in [0.15, 0.2) is 47.6 Å². The van der Waals surface area contributed by atoms with Crippen LogP contribution in [0.2, 0.25) is 0 Å². The van der Waals surface area contributed by atoms with E-state index in [2.05, 4.69) is 15.6 Å². The van der Waals surface area contributed by atoms with Gasteiger partial charge in [0.2, 0.25) is 0 Å². The van der Waals surface area contributed by atoms with E-state index in [4.69, 9.17) is 0 Å². The molecule has 1 aromatic carbocycles. The van der Waals surface area contributed by atoms with Crippen LogP contribution in [-0.4, -0.2) is 24.2 Å². The second kappa shape index (κ2) is 6.24. The molecule has 0 unspecified atom stereocenters. The molecule has 0 fully saturated rings. The van der Waals surface area contributed by atoms with E-state index in [1.165, 1.54) is 0 Å². The molecular weight excluding hydrogens is 258 g/mol. The van der Waals surface area contributed by atoms with Gasteiger partial charge in [-0.1, -0.05) is 6.07 Å². The Morgan fingerprint density at radius 2 is 2.16 bits per heavy atom. The van der Waals surface area contributed by atoms with Crippen LogP contribution in [0.1, 0.15) is 10.4 Å². The van der Waals surface area contributed by atoms with Gasteiger partial charge in [0, 0.05) is 23.8 Å². The predicted molar refractivity (Wildman–Crippen MR) is 80.0 cm³/mol. The molecule has 1 aromatic heterocycles. The maximum absolute atomic E-state index is 12.2. The topological polar surface area (TPSA) is 54.0 Å². The summed E-state index contributed by atoms with van der Waals surface area (Å²) in [6.45, 7) is 0. The molecule has 0 spiro atoms. The lowest BCUT2D eigenvalue weighted by Crippen LogP contribution is -2.14. The largest absolute Gasteiger partial charge is 0.386 e. The number of hydrogen-bond acceptors (Lipinski definition) is 4. The number of anilines is 2. The van der Waals surface area contributed by atoms with Crippen LogP contribution in [0, 0.1) is 0 Å². The molecule has 4 nitrogen and oxygen atoms in total. The first-order chi connectivity index (χ1) is 9.24. The van der Waals surface area contributed by atoms with Crippen LogP contribution in [-0.2, 0) is 0 Å². The molecule has 0 saturated carbocycles. The van der Waals surface area contributed by atoms with Gasteiger partial charge in [0.15, 0.2) is 0 Å². The average Bonchev–Trinajstić information content (AvgIpc) is 2.47. The number of thioether (sulfide) groups is 1. The van der Waals surface area contributed by atoms with E-state index < -0.39 is 0 Å². The van der Waals surface area contributed by atoms with Crippen molar-refractivity contribution >= 4 is 29.0 Å². The lowest BCUT2D eigenvalue weighted by Gasteiger charge is -2.09. The first-order valence-electron chi connectivity index (χ1n) is 5.81. The number of hydrogen-bond donors (Lipinski definition) is 2. The smallest absolute Gasteiger partial charge is 0.257 e. The summed E-state index contributed by atoms with van der Waals surface area (Å²) in [5.74, 6) is -0.148. The van der Waals surface area contributed by atoms with Crippen LogP contribution in [0.4, 0.5) is 11.4 Å². The lowest BCUT2D eigenvalue weighted by atomic mass is 10.2. The van der Waals surface area contributed by atoms with Crippen molar-refractivity contribution in [2.45, 2.75) is 4.90 Å². The molecule has 2 aromatic rings. The molecule has 1 heterocycles. The van der Waals surface area contributed by atoms with Crippen LogP contribution in [0.25, 0.3) is 0 Å². The maximum Gasteiger partial charge on any atom is 0.257 e. The third kappa shape index (κ3) is 3.26. The number of rotatable bonds is 4. The van der Waals surface area contributed by atoms with Gasteiger partial charge in [-0.3, -0.25) is 9.78 Å². The Morgan fingerprint density at radius 3 is 2.89 bits per heavy atom. The summed E-state index contributed by atoms with van der Waals surface area (Å²) in [5.41, 5.74) is 2.07. The summed E-state index contributed by atoms with van der Waals surface area (Å²) < 4.78 is 0. The third-order valence-corrected chi connectivity index (χ3v) is 3.39. The summed E-state index contributed by atoms with van der Waals surface area (Å²) in [6.07, 6.45) is 5.24. The van der Waals surface area contributed by atoms with E-state index in [9.17, 15) is 4.79 Å². The maximum atomic E-state index is 12.2. The number of amides is 1. The number of nitrogens with one attached hydrogen (secondary N) is 2. The van der Waals surface area contributed by atoms with Crippen LogP contribution < -0.4 is 10.6 Å². The normalized spacial score (nSPS) is 10.0. The second-order valence-electron chi connectivity index (χ2n) is 3.86. The summed E-state index contributed by atoms with van der Waals surface area (Å²) in [6, 6.07) is 9.44. The zero-order chi connectivity index (χ0) is 13.7. The molecule has 2 rings (SSSR count). The number of carbonyl (C=O) groups is 1. The molecule has 0 saturated heterocycles. The van der Waals surface area contributed by atoms with Gasteiger partial charge in [-0.2, -0.15) is 0 Å². The molecule has 0 aliphatic carbocycles. The first kappa shape index (κ1) is 13.4. The van der Waals surface area contributed by atoms with Crippen LogP contribution >= 0.6 is 11.8 Å². The highest BCUT2D eigenvalue weighted by atomic mass is 32.2. The fourth-order valence-corrected chi connectivity index (χ4v) is 2.15. The monoisotopic (exact) mass is 273 g/mol. The van der Waals surface area contributed by atoms with Crippen LogP contribution in [0.5, 0.6) is 0 Å². The average molecular weight is 273 g/mol. The Labute approximate surface area is 116 Å². The number of carbonyl (C=O) groups excluding carboxylic acids is 1. The molecule has 98 valence electrons. The van der Waals surface area contributed by atoms with Gasteiger partial charge in [-0.25, -0.2) is 0 Å². The van der Waals surface area contributed by atoms with Crippen molar-refractivity contribution in [3.8, 4) is 0 Å². The molecule has 1 amide bonds. The SMILES string of the molecule is CNc1cnccc1C(=O)Nc1cccc(SC)c1. The second-order valence-corrected chi connectivity index (χ2v) is 4.74. The van der Waals surface area contributed by atoms with E-state index >= 15 is 0 Å². The molecule has 19 heavy (non-hydrogen) atoms. The van der Waals surface area contributed by atoms with Crippen molar-refractivity contribution in [3.05, 3.63) is 48.3 Å². The summed E-state index contributed by atoms with van der Waals surface area (Å²) >= 11 is 1.64. The van der Waals surface area contributed by atoms with Crippen molar-refractivity contribution < 1.29 is 4.79 Å². The van der Waals surface area contributed by atoms with Crippen molar-refractivity contribution in [2.24, 2.45) is 0 Å². The van der Waals surface area contributed by atoms with Gasteiger partial charge in [0.1, 0.15) is 0 Å². The fraction of sp³-hybridized carbons (Fsp3) is 0.143. The Balaban J connectivity index is 2.20.